The maximum absolute atomic E-state index is 12.1. The van der Waals surface area contributed by atoms with Crippen LogP contribution in [0.4, 0.5) is 0 Å². The summed E-state index contributed by atoms with van der Waals surface area (Å²) in [6.07, 6.45) is -2.29. The van der Waals surface area contributed by atoms with Gasteiger partial charge in [-0.25, -0.2) is 0 Å². The number of hydrogen-bond acceptors (Lipinski definition) is 8. The van der Waals surface area contributed by atoms with E-state index < -0.39 is 50.6 Å². The van der Waals surface area contributed by atoms with Gasteiger partial charge in [0.05, 0.1) is 0 Å². The molecule has 9 nitrogen and oxygen atoms in total. The number of rotatable bonds is 2. The molecule has 0 amide bonds. The van der Waals surface area contributed by atoms with Gasteiger partial charge in [-0.1, -0.05) is 0 Å². The molecule has 1 aliphatic heterocycles. The van der Waals surface area contributed by atoms with Crippen molar-refractivity contribution in [3.63, 3.8) is 0 Å². The standard InChI is InChI=1S/C15H14O9S/c16-8-4-11(18)9-6-14(20)15(25(21,22)23,24-13(9)5-8)7-1-2-10(17)12(19)3-7/h1-5,14,16-20H,6H2,(H,21,22,23)/t14-,15-/m0/s1. The first-order chi connectivity index (χ1) is 11.6. The first-order valence-corrected chi connectivity index (χ1v) is 8.41. The van der Waals surface area contributed by atoms with Crippen LogP contribution in [0.1, 0.15) is 11.1 Å². The third kappa shape index (κ3) is 2.51. The monoisotopic (exact) mass is 370 g/mol. The third-order valence-corrected chi connectivity index (χ3v) is 5.39. The van der Waals surface area contributed by atoms with Crippen LogP contribution >= 0.6 is 0 Å². The van der Waals surface area contributed by atoms with Gasteiger partial charge in [0.1, 0.15) is 23.4 Å². The molecule has 3 rings (SSSR count). The van der Waals surface area contributed by atoms with Crippen LogP contribution in [0.3, 0.4) is 0 Å². The number of fused-ring (bicyclic) bond motifs is 1. The molecule has 25 heavy (non-hydrogen) atoms. The Bertz CT molecular complexity index is 954. The molecule has 2 aromatic rings. The average molecular weight is 370 g/mol. The molecule has 0 saturated heterocycles. The molecule has 6 N–H and O–H groups in total. The summed E-state index contributed by atoms with van der Waals surface area (Å²) in [5.74, 6) is -2.36. The van der Waals surface area contributed by atoms with Crippen molar-refractivity contribution in [3.05, 3.63) is 41.5 Å². The molecule has 134 valence electrons. The number of aromatic hydroxyl groups is 4. The van der Waals surface area contributed by atoms with Gasteiger partial charge in [-0.15, -0.1) is 0 Å². The smallest absolute Gasteiger partial charge is 0.313 e. The zero-order valence-corrected chi connectivity index (χ0v) is 13.3. The number of aliphatic hydroxyl groups excluding tert-OH is 1. The molecule has 0 spiro atoms. The Labute approximate surface area is 141 Å². The molecule has 1 aliphatic rings. The predicted molar refractivity (Wildman–Crippen MR) is 83.1 cm³/mol. The highest BCUT2D eigenvalue weighted by molar-refractivity contribution is 7.86. The van der Waals surface area contributed by atoms with Gasteiger partial charge in [0.15, 0.2) is 11.5 Å². The van der Waals surface area contributed by atoms with Crippen molar-refractivity contribution in [2.45, 2.75) is 17.5 Å². The normalized spacial score (nSPS) is 22.9. The van der Waals surface area contributed by atoms with E-state index in [4.69, 9.17) is 4.74 Å². The molecular weight excluding hydrogens is 356 g/mol. The van der Waals surface area contributed by atoms with E-state index in [2.05, 4.69) is 0 Å². The van der Waals surface area contributed by atoms with E-state index in [1.54, 1.807) is 0 Å². The highest BCUT2D eigenvalue weighted by Crippen LogP contribution is 2.48. The van der Waals surface area contributed by atoms with E-state index in [1.807, 2.05) is 0 Å². The summed E-state index contributed by atoms with van der Waals surface area (Å²) in [5.41, 5.74) is -0.321. The van der Waals surface area contributed by atoms with Gasteiger partial charge < -0.3 is 30.3 Å². The molecule has 0 radical (unpaired) electrons. The van der Waals surface area contributed by atoms with Gasteiger partial charge >= 0.3 is 10.1 Å². The molecule has 2 atom stereocenters. The lowest BCUT2D eigenvalue weighted by atomic mass is 9.93. The van der Waals surface area contributed by atoms with Gasteiger partial charge in [-0.3, -0.25) is 4.55 Å². The molecule has 0 aliphatic carbocycles. The first-order valence-electron chi connectivity index (χ1n) is 6.97. The lowest BCUT2D eigenvalue weighted by molar-refractivity contribution is -0.0189. The summed E-state index contributed by atoms with van der Waals surface area (Å²) in [4.78, 5) is -2.73. The molecule has 10 heteroatoms. The minimum absolute atomic E-state index is 0.0348. The Morgan fingerprint density at radius 2 is 1.68 bits per heavy atom. The van der Waals surface area contributed by atoms with Crippen LogP contribution in [0, 0.1) is 0 Å². The zero-order valence-electron chi connectivity index (χ0n) is 12.5. The summed E-state index contributed by atoms with van der Waals surface area (Å²) in [6, 6.07) is 4.83. The number of benzene rings is 2. The number of aliphatic hydroxyl groups is 1. The van der Waals surface area contributed by atoms with Gasteiger partial charge in [0.25, 0.3) is 4.93 Å². The number of phenols is 4. The highest BCUT2D eigenvalue weighted by atomic mass is 32.2. The highest BCUT2D eigenvalue weighted by Gasteiger charge is 2.57. The van der Waals surface area contributed by atoms with E-state index in [0.29, 0.717) is 0 Å². The van der Waals surface area contributed by atoms with Gasteiger partial charge in [-0.2, -0.15) is 8.42 Å². The summed E-state index contributed by atoms with van der Waals surface area (Å²) in [6.45, 7) is 0. The summed E-state index contributed by atoms with van der Waals surface area (Å²) in [7, 11) is -5.12. The molecular formula is C15H14O9S. The number of ether oxygens (including phenoxy) is 1. The van der Waals surface area contributed by atoms with Crippen molar-refractivity contribution in [3.8, 4) is 28.7 Å². The predicted octanol–water partition coefficient (Wildman–Crippen LogP) is 0.546. The molecule has 0 saturated carbocycles. The van der Waals surface area contributed by atoms with Crippen LogP contribution < -0.4 is 4.74 Å². The Morgan fingerprint density at radius 3 is 2.28 bits per heavy atom. The van der Waals surface area contributed by atoms with Crippen LogP contribution in [0.15, 0.2) is 30.3 Å². The van der Waals surface area contributed by atoms with E-state index >= 15 is 0 Å². The Hall–Kier alpha value is -2.69. The average Bonchev–Trinajstić information content (AvgIpc) is 2.49. The second-order valence-corrected chi connectivity index (χ2v) is 7.17. The van der Waals surface area contributed by atoms with E-state index in [0.717, 1.165) is 30.3 Å². The number of hydrogen-bond donors (Lipinski definition) is 6. The quantitative estimate of drug-likeness (QED) is 0.327. The Balaban J connectivity index is 2.28. The molecule has 1 heterocycles. The topological polar surface area (TPSA) is 165 Å². The fourth-order valence-electron chi connectivity index (χ4n) is 2.84. The van der Waals surface area contributed by atoms with Crippen molar-refractivity contribution in [1.82, 2.24) is 0 Å². The van der Waals surface area contributed by atoms with Crippen molar-refractivity contribution in [2.75, 3.05) is 0 Å². The fourth-order valence-corrected chi connectivity index (χ4v) is 3.88. The lowest BCUT2D eigenvalue weighted by Gasteiger charge is -2.40. The van der Waals surface area contributed by atoms with Gasteiger partial charge in [-0.05, 0) is 18.2 Å². The van der Waals surface area contributed by atoms with Crippen LogP contribution in [-0.4, -0.2) is 44.6 Å². The minimum atomic E-state index is -5.12. The lowest BCUT2D eigenvalue weighted by Crippen LogP contribution is -2.54. The molecule has 0 fully saturated rings. The van der Waals surface area contributed by atoms with Crippen LogP contribution in [-0.2, 0) is 21.5 Å². The summed E-state index contributed by atoms with van der Waals surface area (Å²) >= 11 is 0. The van der Waals surface area contributed by atoms with Gasteiger partial charge in [0, 0.05) is 29.7 Å². The van der Waals surface area contributed by atoms with E-state index in [-0.39, 0.29) is 16.9 Å². The van der Waals surface area contributed by atoms with E-state index in [1.165, 1.54) is 0 Å². The second-order valence-electron chi connectivity index (χ2n) is 5.61. The van der Waals surface area contributed by atoms with Crippen LogP contribution in [0.25, 0.3) is 0 Å². The molecule has 0 aromatic heterocycles. The largest absolute Gasteiger partial charge is 0.508 e. The molecule has 0 bridgehead atoms. The third-order valence-electron chi connectivity index (χ3n) is 4.03. The second kappa shape index (κ2) is 5.41. The molecule has 2 aromatic carbocycles. The van der Waals surface area contributed by atoms with E-state index in [9.17, 15) is 38.5 Å². The summed E-state index contributed by atoms with van der Waals surface area (Å²) < 4.78 is 39.3. The van der Waals surface area contributed by atoms with Crippen molar-refractivity contribution >= 4 is 10.1 Å². The zero-order chi connectivity index (χ0) is 18.6. The SMILES string of the molecule is O=S(=O)(O)[C@]1(c2ccc(O)c(O)c2)Oc2cc(O)cc(O)c2C[C@@H]1O. The van der Waals surface area contributed by atoms with Crippen LogP contribution in [0.2, 0.25) is 0 Å². The fraction of sp³-hybridized carbons (Fsp3) is 0.200. The summed E-state index contributed by atoms with van der Waals surface area (Å²) in [5, 5.41) is 48.9. The Kier molecular flexibility index (Phi) is 3.71. The Morgan fingerprint density at radius 1 is 1.00 bits per heavy atom. The van der Waals surface area contributed by atoms with Crippen molar-refractivity contribution in [2.24, 2.45) is 0 Å². The maximum Gasteiger partial charge on any atom is 0.313 e. The van der Waals surface area contributed by atoms with Gasteiger partial charge in [0.2, 0.25) is 0 Å². The van der Waals surface area contributed by atoms with Crippen LogP contribution in [0.5, 0.6) is 28.7 Å². The first kappa shape index (κ1) is 17.1. The van der Waals surface area contributed by atoms with Crippen molar-refractivity contribution < 1.29 is 43.2 Å². The molecule has 0 unspecified atom stereocenters. The maximum atomic E-state index is 12.1. The minimum Gasteiger partial charge on any atom is -0.508 e. The number of phenolic OH excluding ortho intramolecular Hbond substituents is 4. The van der Waals surface area contributed by atoms with Crippen molar-refractivity contribution in [1.29, 1.82) is 0 Å².